The van der Waals surface area contributed by atoms with E-state index in [1.807, 2.05) is 11.3 Å². The van der Waals surface area contributed by atoms with Crippen molar-refractivity contribution in [3.05, 3.63) is 216 Å². The molecule has 2 aliphatic heterocycles. The van der Waals surface area contributed by atoms with E-state index >= 15 is 0 Å². The van der Waals surface area contributed by atoms with Gasteiger partial charge in [-0.3, -0.25) is 0 Å². The molecule has 0 fully saturated rings. The number of hydrogen-bond acceptors (Lipinski definition) is 5. The van der Waals surface area contributed by atoms with Gasteiger partial charge in [0.1, 0.15) is 11.2 Å². The number of anilines is 9. The van der Waals surface area contributed by atoms with Gasteiger partial charge in [0, 0.05) is 71.0 Å². The average molecular weight is 1030 g/mol. The third-order valence-corrected chi connectivity index (χ3v) is 17.7. The van der Waals surface area contributed by atoms with Crippen molar-refractivity contribution in [2.45, 2.75) is 105 Å². The molecule has 0 bridgehead atoms. The maximum atomic E-state index is 6.54. The standard InChI is InChI=1S/C72H68BN3OS/c1-69(2,3)46-26-31-50(32-27-46)74(59-24-18-16-22-54(59)45-20-14-13-15-21-45)53-35-37-58-60(44-53)75(52-36-38-64-56(43-52)55-23-17-19-25-63(55)77-64)61-41-49(72(10,11)12)42-62-66(61)73(58)68-67(57-40-48(71(7,8)9)30-39-65(57)78-68)76(62)51-33-28-47(29-34-51)70(4,5)6/h13-44H,1-12H3. The van der Waals surface area contributed by atoms with Gasteiger partial charge < -0.3 is 19.1 Å². The highest BCUT2D eigenvalue weighted by molar-refractivity contribution is 7.33. The Hall–Kier alpha value is -7.80. The summed E-state index contributed by atoms with van der Waals surface area (Å²) >= 11 is 1.96. The van der Waals surface area contributed by atoms with Gasteiger partial charge in [-0.25, -0.2) is 0 Å². The Morgan fingerprint density at radius 3 is 1.69 bits per heavy atom. The molecule has 0 N–H and O–H groups in total. The molecule has 11 aromatic rings. The van der Waals surface area contributed by atoms with Gasteiger partial charge in [-0.2, -0.15) is 0 Å². The van der Waals surface area contributed by atoms with E-state index in [1.54, 1.807) is 0 Å². The molecule has 13 rings (SSSR count). The van der Waals surface area contributed by atoms with Crippen molar-refractivity contribution < 1.29 is 4.42 Å². The normalized spacial score (nSPS) is 13.6. The Kier molecular flexibility index (Phi) is 11.4. The van der Waals surface area contributed by atoms with E-state index in [9.17, 15) is 0 Å². The lowest BCUT2D eigenvalue weighted by Gasteiger charge is -2.44. The first-order chi connectivity index (χ1) is 37.2. The van der Waals surface area contributed by atoms with E-state index in [2.05, 4.69) is 292 Å². The molecular formula is C72H68BN3OS. The average Bonchev–Trinajstić information content (AvgIpc) is 3.38. The van der Waals surface area contributed by atoms with Gasteiger partial charge in [-0.1, -0.05) is 186 Å². The van der Waals surface area contributed by atoms with Crippen LogP contribution in [0.1, 0.15) is 105 Å². The molecule has 9 aromatic carbocycles. The number of furan rings is 1. The van der Waals surface area contributed by atoms with Crippen molar-refractivity contribution in [2.24, 2.45) is 0 Å². The molecule has 0 saturated heterocycles. The van der Waals surface area contributed by atoms with Crippen LogP contribution in [0.25, 0.3) is 43.2 Å². The van der Waals surface area contributed by atoms with Gasteiger partial charge in [-0.05, 0) is 151 Å². The fourth-order valence-electron chi connectivity index (χ4n) is 12.1. The van der Waals surface area contributed by atoms with E-state index in [4.69, 9.17) is 4.42 Å². The van der Waals surface area contributed by atoms with Crippen molar-refractivity contribution in [1.29, 1.82) is 0 Å². The first kappa shape index (κ1) is 49.8. The minimum Gasteiger partial charge on any atom is -0.456 e. The smallest absolute Gasteiger partial charge is 0.264 e. The number of rotatable bonds is 6. The van der Waals surface area contributed by atoms with Crippen LogP contribution in [0, 0.1) is 0 Å². The number of para-hydroxylation sites is 2. The first-order valence-corrected chi connectivity index (χ1v) is 28.6. The number of fused-ring (bicyclic) bond motifs is 9. The highest BCUT2D eigenvalue weighted by Gasteiger charge is 2.46. The zero-order chi connectivity index (χ0) is 54.2. The molecule has 78 heavy (non-hydrogen) atoms. The molecule has 0 amide bonds. The van der Waals surface area contributed by atoms with Crippen LogP contribution in [0.5, 0.6) is 0 Å². The summed E-state index contributed by atoms with van der Waals surface area (Å²) in [6.07, 6.45) is 0. The molecular weight excluding hydrogens is 966 g/mol. The van der Waals surface area contributed by atoms with Gasteiger partial charge in [0.25, 0.3) is 6.71 Å². The van der Waals surface area contributed by atoms with Crippen LogP contribution < -0.4 is 30.4 Å². The molecule has 2 aromatic heterocycles. The van der Waals surface area contributed by atoms with E-state index in [0.717, 1.165) is 50.4 Å². The van der Waals surface area contributed by atoms with Gasteiger partial charge in [0.15, 0.2) is 0 Å². The summed E-state index contributed by atoms with van der Waals surface area (Å²) in [5.41, 5.74) is 22.2. The second kappa shape index (κ2) is 17.9. The molecule has 0 atom stereocenters. The molecule has 0 radical (unpaired) electrons. The molecule has 2 aliphatic rings. The molecule has 386 valence electrons. The van der Waals surface area contributed by atoms with Crippen molar-refractivity contribution in [3.8, 4) is 11.1 Å². The lowest BCUT2D eigenvalue weighted by atomic mass is 9.36. The number of nitrogens with zero attached hydrogens (tertiary/aromatic N) is 3. The summed E-state index contributed by atoms with van der Waals surface area (Å²) < 4.78 is 9.21. The maximum absolute atomic E-state index is 6.54. The number of thiophene rings is 1. The van der Waals surface area contributed by atoms with Crippen LogP contribution in [0.15, 0.2) is 199 Å². The Bertz CT molecular complexity index is 4140. The summed E-state index contributed by atoms with van der Waals surface area (Å²) in [5.74, 6) is 0. The topological polar surface area (TPSA) is 22.9 Å². The van der Waals surface area contributed by atoms with Crippen LogP contribution in [0.2, 0.25) is 0 Å². The Labute approximate surface area is 465 Å². The van der Waals surface area contributed by atoms with Gasteiger partial charge >= 0.3 is 0 Å². The second-order valence-electron chi connectivity index (χ2n) is 25.9. The predicted molar refractivity (Wildman–Crippen MR) is 338 cm³/mol. The largest absolute Gasteiger partial charge is 0.456 e. The molecule has 0 saturated carbocycles. The lowest BCUT2D eigenvalue weighted by molar-refractivity contribution is 0.590. The van der Waals surface area contributed by atoms with Crippen LogP contribution in [0.4, 0.5) is 51.2 Å². The summed E-state index contributed by atoms with van der Waals surface area (Å²) in [5, 5.41) is 3.51. The molecule has 0 aliphatic carbocycles. The predicted octanol–water partition coefficient (Wildman–Crippen LogP) is 19.2. The van der Waals surface area contributed by atoms with Crippen LogP contribution >= 0.6 is 11.3 Å². The number of benzene rings is 9. The Morgan fingerprint density at radius 1 is 0.423 bits per heavy atom. The molecule has 6 heteroatoms. The SMILES string of the molecule is CC(C)(C)c1ccc(N(c2ccc3c(c2)N(c2ccc4oc5ccccc5c4c2)c2cc(C(C)(C)C)cc4c2B3c2sc3ccc(C(C)(C)C)cc3c2N4c2ccc(C(C)(C)C)cc2)c2ccccc2-c2ccccc2)cc1. The minimum absolute atomic E-state index is 0.00239. The van der Waals surface area contributed by atoms with Gasteiger partial charge in [0.05, 0.1) is 11.4 Å². The zero-order valence-electron chi connectivity index (χ0n) is 47.2. The van der Waals surface area contributed by atoms with Crippen molar-refractivity contribution in [2.75, 3.05) is 14.7 Å². The van der Waals surface area contributed by atoms with Crippen molar-refractivity contribution in [1.82, 2.24) is 0 Å². The first-order valence-electron chi connectivity index (χ1n) is 27.8. The molecule has 4 heterocycles. The van der Waals surface area contributed by atoms with Crippen LogP contribution in [-0.4, -0.2) is 6.71 Å². The maximum Gasteiger partial charge on any atom is 0.264 e. The van der Waals surface area contributed by atoms with E-state index in [0.29, 0.717) is 0 Å². The Balaban J connectivity index is 1.14. The lowest BCUT2D eigenvalue weighted by Crippen LogP contribution is -2.60. The highest BCUT2D eigenvalue weighted by Crippen LogP contribution is 2.52. The van der Waals surface area contributed by atoms with Crippen LogP contribution in [-0.2, 0) is 21.7 Å². The molecule has 0 spiro atoms. The third kappa shape index (κ3) is 8.25. The van der Waals surface area contributed by atoms with E-state index in [1.165, 1.54) is 81.9 Å². The summed E-state index contributed by atoms with van der Waals surface area (Å²) in [4.78, 5) is 7.70. The van der Waals surface area contributed by atoms with Crippen LogP contribution in [0.3, 0.4) is 0 Å². The Morgan fingerprint density at radius 2 is 1.00 bits per heavy atom. The molecule has 4 nitrogen and oxygen atoms in total. The van der Waals surface area contributed by atoms with Crippen molar-refractivity contribution >= 4 is 117 Å². The zero-order valence-corrected chi connectivity index (χ0v) is 48.0. The molecule has 0 unspecified atom stereocenters. The van der Waals surface area contributed by atoms with Crippen molar-refractivity contribution in [3.63, 3.8) is 0 Å². The summed E-state index contributed by atoms with van der Waals surface area (Å²) in [6, 6.07) is 73.3. The quantitative estimate of drug-likeness (QED) is 0.155. The highest BCUT2D eigenvalue weighted by atomic mass is 32.1. The summed E-state index contributed by atoms with van der Waals surface area (Å²) in [6.45, 7) is 27.8. The monoisotopic (exact) mass is 1030 g/mol. The van der Waals surface area contributed by atoms with E-state index in [-0.39, 0.29) is 28.4 Å². The van der Waals surface area contributed by atoms with E-state index < -0.39 is 0 Å². The summed E-state index contributed by atoms with van der Waals surface area (Å²) in [7, 11) is 0. The minimum atomic E-state index is -0.186. The third-order valence-electron chi connectivity index (χ3n) is 16.5. The fraction of sp³-hybridized carbons (Fsp3) is 0.222. The van der Waals surface area contributed by atoms with Gasteiger partial charge in [-0.15, -0.1) is 11.3 Å². The second-order valence-corrected chi connectivity index (χ2v) is 27.0. The fourth-order valence-corrected chi connectivity index (χ4v) is 13.4. The number of hydrogen-bond donors (Lipinski definition) is 0. The van der Waals surface area contributed by atoms with Gasteiger partial charge in [0.2, 0.25) is 0 Å².